The number of benzene rings is 3. The van der Waals surface area contributed by atoms with Crippen LogP contribution in [0.3, 0.4) is 0 Å². The maximum Gasteiger partial charge on any atom is 0.277 e. The molecule has 1 unspecified atom stereocenters. The van der Waals surface area contributed by atoms with Gasteiger partial charge in [0.15, 0.2) is 5.16 Å². The topological polar surface area (TPSA) is 96.3 Å². The molecule has 1 atom stereocenters. The molecule has 268 valence electrons. The number of halogens is 3. The average molecular weight is 752 g/mol. The number of carbonyl (C=O) groups excluding carboxylic acids is 1. The summed E-state index contributed by atoms with van der Waals surface area (Å²) in [6, 6.07) is 22.2. The van der Waals surface area contributed by atoms with Gasteiger partial charge in [0.25, 0.3) is 5.56 Å². The predicted octanol–water partition coefficient (Wildman–Crippen LogP) is 7.04. The number of hydrogen-bond acceptors (Lipinski definition) is 7. The monoisotopic (exact) mass is 750 g/mol. The maximum absolute atomic E-state index is 14.3. The molecular weight excluding hydrogens is 710 g/mol. The van der Waals surface area contributed by atoms with Crippen molar-refractivity contribution < 1.29 is 13.9 Å². The first kappa shape index (κ1) is 38.2. The van der Waals surface area contributed by atoms with Gasteiger partial charge in [-0.3, -0.25) is 19.6 Å². The molecule has 3 heterocycles. The van der Waals surface area contributed by atoms with Crippen molar-refractivity contribution in [3.8, 4) is 11.1 Å². The van der Waals surface area contributed by atoms with Crippen LogP contribution in [0.4, 0.5) is 4.39 Å². The van der Waals surface area contributed by atoms with Crippen LogP contribution >= 0.6 is 35.8 Å². The van der Waals surface area contributed by atoms with E-state index < -0.39 is 0 Å². The van der Waals surface area contributed by atoms with Crippen LogP contribution in [0.2, 0.25) is 5.02 Å². The van der Waals surface area contributed by atoms with E-state index >= 15 is 0 Å². The van der Waals surface area contributed by atoms with Crippen LogP contribution in [0.15, 0.2) is 101 Å². The van der Waals surface area contributed by atoms with Gasteiger partial charge < -0.3 is 14.2 Å². The van der Waals surface area contributed by atoms with Crippen molar-refractivity contribution in [3.63, 3.8) is 0 Å². The lowest BCUT2D eigenvalue weighted by atomic mass is 9.98. The molecule has 2 aromatic heterocycles. The molecular formula is C38H41Cl2FN6O3S. The molecule has 0 bridgehead atoms. The molecule has 1 fully saturated rings. The Hall–Kier alpha value is -4.00. The van der Waals surface area contributed by atoms with Crippen molar-refractivity contribution in [2.24, 2.45) is 0 Å². The van der Waals surface area contributed by atoms with Gasteiger partial charge in [-0.25, -0.2) is 4.39 Å². The highest BCUT2D eigenvalue weighted by Crippen LogP contribution is 2.26. The normalized spacial score (nSPS) is 13.8. The highest BCUT2D eigenvalue weighted by Gasteiger charge is 2.21. The van der Waals surface area contributed by atoms with Crippen LogP contribution in [-0.4, -0.2) is 74.8 Å². The standard InChI is InChI=1S/C38H40ClFN6O3S.ClH/c1-27(32-21-41-42-22-32)35-24-46(38(43-37(35)48)50-26-29-5-13-34(40)14-6-29)25-36(47)45(16-2-15-44-17-19-49-20-18-44)23-28-3-7-30(8-4-28)31-9-11-33(39)12-10-31;/h3-14,21-22,24,27H,2,15-20,23,25-26H2,1H3,(H,41,42);1H. The summed E-state index contributed by atoms with van der Waals surface area (Å²) >= 11 is 7.44. The highest BCUT2D eigenvalue weighted by molar-refractivity contribution is 7.98. The molecule has 1 aliphatic rings. The summed E-state index contributed by atoms with van der Waals surface area (Å²) in [7, 11) is 0. The highest BCUT2D eigenvalue weighted by atomic mass is 35.5. The van der Waals surface area contributed by atoms with E-state index in [1.54, 1.807) is 35.3 Å². The van der Waals surface area contributed by atoms with Crippen LogP contribution in [-0.2, 0) is 28.4 Å². The fraction of sp³-hybridized carbons (Fsp3) is 0.316. The molecule has 0 spiro atoms. The van der Waals surface area contributed by atoms with E-state index in [2.05, 4.69) is 44.3 Å². The number of hydrogen-bond donors (Lipinski definition) is 1. The molecule has 1 N–H and O–H groups in total. The number of nitrogens with one attached hydrogen (secondary N) is 1. The first-order chi connectivity index (χ1) is 24.3. The third kappa shape index (κ3) is 10.5. The molecule has 1 amide bonds. The Morgan fingerprint density at radius 2 is 1.69 bits per heavy atom. The molecule has 1 aliphatic heterocycles. The Morgan fingerprint density at radius 1 is 1.02 bits per heavy atom. The lowest BCUT2D eigenvalue weighted by Crippen LogP contribution is -2.40. The summed E-state index contributed by atoms with van der Waals surface area (Å²) in [6.45, 7) is 7.01. The largest absolute Gasteiger partial charge is 0.379 e. The minimum absolute atomic E-state index is 0. The molecule has 0 radical (unpaired) electrons. The fourth-order valence-corrected chi connectivity index (χ4v) is 6.98. The molecule has 0 aliphatic carbocycles. The number of aromatic amines is 1. The van der Waals surface area contributed by atoms with Crippen LogP contribution in [0.25, 0.3) is 11.1 Å². The van der Waals surface area contributed by atoms with Crippen LogP contribution < -0.4 is 5.56 Å². The van der Waals surface area contributed by atoms with Gasteiger partial charge in [0.05, 0.1) is 19.4 Å². The zero-order valence-electron chi connectivity index (χ0n) is 28.3. The van der Waals surface area contributed by atoms with E-state index in [0.717, 1.165) is 67.1 Å². The number of nitrogens with zero attached hydrogens (tertiary/aromatic N) is 5. The van der Waals surface area contributed by atoms with Crippen LogP contribution in [0.5, 0.6) is 0 Å². The zero-order valence-corrected chi connectivity index (χ0v) is 30.7. The van der Waals surface area contributed by atoms with Gasteiger partial charge >= 0.3 is 0 Å². The van der Waals surface area contributed by atoms with Crippen molar-refractivity contribution in [2.75, 3.05) is 39.4 Å². The lowest BCUT2D eigenvalue weighted by Gasteiger charge is -2.29. The number of amides is 1. The Kier molecular flexibility index (Phi) is 13.9. The molecule has 13 heteroatoms. The average Bonchev–Trinajstić information content (AvgIpc) is 3.68. The molecule has 5 aromatic rings. The van der Waals surface area contributed by atoms with Crippen LogP contribution in [0, 0.1) is 5.82 Å². The van der Waals surface area contributed by atoms with Gasteiger partial charge in [-0.1, -0.05) is 78.8 Å². The van der Waals surface area contributed by atoms with Crippen molar-refractivity contribution >= 4 is 41.7 Å². The van der Waals surface area contributed by atoms with E-state index in [0.29, 0.717) is 34.6 Å². The number of carbonyl (C=O) groups is 1. The summed E-state index contributed by atoms with van der Waals surface area (Å²) in [5.41, 5.74) is 4.99. The Morgan fingerprint density at radius 3 is 2.35 bits per heavy atom. The first-order valence-corrected chi connectivity index (χ1v) is 18.1. The Bertz CT molecular complexity index is 1900. The van der Waals surface area contributed by atoms with E-state index in [-0.39, 0.29) is 42.2 Å². The summed E-state index contributed by atoms with van der Waals surface area (Å²) in [4.78, 5) is 36.3. The van der Waals surface area contributed by atoms with E-state index in [9.17, 15) is 14.0 Å². The molecule has 1 saturated heterocycles. The summed E-state index contributed by atoms with van der Waals surface area (Å²) in [5, 5.41) is 7.97. The summed E-state index contributed by atoms with van der Waals surface area (Å²) in [5.74, 6) is -0.217. The van der Waals surface area contributed by atoms with E-state index in [4.69, 9.17) is 16.3 Å². The third-order valence-electron chi connectivity index (χ3n) is 8.92. The van der Waals surface area contributed by atoms with Gasteiger partial charge in [-0.05, 0) is 58.5 Å². The van der Waals surface area contributed by atoms with Crippen LogP contribution in [0.1, 0.15) is 41.5 Å². The van der Waals surface area contributed by atoms with Gasteiger partial charge in [0.1, 0.15) is 12.4 Å². The van der Waals surface area contributed by atoms with E-state index in [1.165, 1.54) is 23.9 Å². The zero-order chi connectivity index (χ0) is 34.9. The molecule has 51 heavy (non-hydrogen) atoms. The summed E-state index contributed by atoms with van der Waals surface area (Å²) < 4.78 is 20.9. The van der Waals surface area contributed by atoms with Gasteiger partial charge in [-0.15, -0.1) is 12.4 Å². The number of ether oxygens (including phenoxy) is 1. The Balaban J connectivity index is 0.00000504. The number of rotatable bonds is 14. The lowest BCUT2D eigenvalue weighted by molar-refractivity contribution is -0.132. The van der Waals surface area contributed by atoms with Crippen molar-refractivity contribution in [3.05, 3.63) is 135 Å². The maximum atomic E-state index is 14.3. The van der Waals surface area contributed by atoms with Gasteiger partial charge in [0, 0.05) is 67.4 Å². The molecule has 0 saturated carbocycles. The second-order valence-corrected chi connectivity index (χ2v) is 13.8. The number of thioether (sulfide) groups is 1. The second-order valence-electron chi connectivity index (χ2n) is 12.4. The van der Waals surface area contributed by atoms with E-state index in [1.807, 2.05) is 36.1 Å². The summed E-state index contributed by atoms with van der Waals surface area (Å²) in [6.07, 6.45) is 6.01. The number of aromatic nitrogens is 4. The number of H-pyrrole nitrogens is 1. The van der Waals surface area contributed by atoms with Crippen molar-refractivity contribution in [2.45, 2.75) is 43.3 Å². The third-order valence-corrected chi connectivity index (χ3v) is 10.2. The van der Waals surface area contributed by atoms with Gasteiger partial charge in [0.2, 0.25) is 5.91 Å². The molecule has 9 nitrogen and oxygen atoms in total. The Labute approximate surface area is 312 Å². The first-order valence-electron chi connectivity index (χ1n) is 16.7. The van der Waals surface area contributed by atoms with Crippen molar-refractivity contribution in [1.29, 1.82) is 0 Å². The quantitative estimate of drug-likeness (QED) is 0.0961. The minimum Gasteiger partial charge on any atom is -0.379 e. The number of morpholine rings is 1. The minimum atomic E-state index is -0.354. The van der Waals surface area contributed by atoms with Crippen molar-refractivity contribution in [1.82, 2.24) is 29.5 Å². The molecule has 3 aromatic carbocycles. The molecule has 6 rings (SSSR count). The predicted molar refractivity (Wildman–Crippen MR) is 202 cm³/mol. The fourth-order valence-electron chi connectivity index (χ4n) is 5.94. The second kappa shape index (κ2) is 18.5. The van der Waals surface area contributed by atoms with Gasteiger partial charge in [-0.2, -0.15) is 10.1 Å². The smallest absolute Gasteiger partial charge is 0.277 e. The SMILES string of the molecule is CC(c1cn[nH]c1)c1cn(CC(=O)N(CCCN2CCOCC2)Cc2ccc(-c3ccc(Cl)cc3)cc2)c(SCc2ccc(F)cc2)nc1=O.Cl.